The molecule has 18 heavy (non-hydrogen) atoms. The summed E-state index contributed by atoms with van der Waals surface area (Å²) in [6.45, 7) is 0. The number of hydrogen-bond donors (Lipinski definition) is 0. The summed E-state index contributed by atoms with van der Waals surface area (Å²) in [7, 11) is 0. The quantitative estimate of drug-likeness (QED) is 0.440. The number of cyclic esters (lactones) is 1. The van der Waals surface area contributed by atoms with Crippen LogP contribution in [0.2, 0.25) is 0 Å². The lowest BCUT2D eigenvalue weighted by molar-refractivity contribution is -0.153. The summed E-state index contributed by atoms with van der Waals surface area (Å²) in [5.74, 6) is -0.0825. The minimum absolute atomic E-state index is 0.0825. The van der Waals surface area contributed by atoms with Crippen LogP contribution in [0.3, 0.4) is 0 Å². The Labute approximate surface area is 119 Å². The number of halogens is 1. The van der Waals surface area contributed by atoms with E-state index in [0.29, 0.717) is 10.3 Å². The second-order valence-corrected chi connectivity index (χ2v) is 6.13. The van der Waals surface area contributed by atoms with Crippen molar-refractivity contribution in [3.63, 3.8) is 0 Å². The summed E-state index contributed by atoms with van der Waals surface area (Å²) >= 11 is 2.39. The number of ether oxygens (including phenoxy) is 1. The second kappa shape index (κ2) is 4.88. The fourth-order valence-corrected chi connectivity index (χ4v) is 3.28. The van der Waals surface area contributed by atoms with Crippen LogP contribution in [0.5, 0.6) is 0 Å². The van der Waals surface area contributed by atoms with Gasteiger partial charge in [0, 0.05) is 12.0 Å². The zero-order valence-corrected chi connectivity index (χ0v) is 12.0. The van der Waals surface area contributed by atoms with Gasteiger partial charge in [-0.05, 0) is 17.2 Å². The van der Waals surface area contributed by atoms with Gasteiger partial charge in [0.25, 0.3) is 0 Å². The fourth-order valence-electron chi connectivity index (χ4n) is 2.44. The first kappa shape index (κ1) is 12.0. The van der Waals surface area contributed by atoms with E-state index in [1.54, 1.807) is 0 Å². The molecule has 2 atom stereocenters. The zero-order valence-electron chi connectivity index (χ0n) is 9.80. The Morgan fingerprint density at radius 1 is 1.11 bits per heavy atom. The van der Waals surface area contributed by atoms with Gasteiger partial charge in [-0.25, -0.2) is 0 Å². The third-order valence-electron chi connectivity index (χ3n) is 3.34. The molecule has 2 nitrogen and oxygen atoms in total. The molecule has 3 rings (SSSR count). The highest BCUT2D eigenvalue weighted by Crippen LogP contribution is 2.37. The van der Waals surface area contributed by atoms with Gasteiger partial charge in [0.1, 0.15) is 6.10 Å². The molecule has 2 aromatic rings. The Kier molecular flexibility index (Phi) is 3.24. The first-order valence-corrected chi connectivity index (χ1v) is 7.31. The molecule has 2 aromatic carbocycles. The number of esters is 1. The molecule has 1 heterocycles. The fraction of sp³-hybridized carbons (Fsp3) is 0.267. The first-order chi connectivity index (χ1) is 8.75. The Morgan fingerprint density at radius 3 is 2.78 bits per heavy atom. The lowest BCUT2D eigenvalue weighted by atomic mass is 9.96. The molecule has 0 N–H and O–H groups in total. The highest BCUT2D eigenvalue weighted by atomic mass is 127. The van der Waals surface area contributed by atoms with E-state index in [2.05, 4.69) is 46.9 Å². The number of alkyl halides is 1. The number of rotatable bonds is 1. The van der Waals surface area contributed by atoms with E-state index in [0.717, 1.165) is 12.0 Å². The second-order valence-electron chi connectivity index (χ2n) is 4.53. The number of benzene rings is 2. The van der Waals surface area contributed by atoms with Crippen LogP contribution < -0.4 is 0 Å². The third kappa shape index (κ3) is 2.11. The number of carbonyl (C=O) groups excluding carboxylic acids is 1. The van der Waals surface area contributed by atoms with E-state index < -0.39 is 0 Å². The van der Waals surface area contributed by atoms with Crippen molar-refractivity contribution in [3.8, 4) is 0 Å². The van der Waals surface area contributed by atoms with E-state index in [1.807, 2.05) is 18.2 Å². The number of hydrogen-bond acceptors (Lipinski definition) is 2. The van der Waals surface area contributed by atoms with E-state index in [-0.39, 0.29) is 12.1 Å². The number of carbonyl (C=O) groups is 1. The lowest BCUT2D eigenvalue weighted by Crippen LogP contribution is -2.26. The number of fused-ring (bicyclic) bond motifs is 1. The predicted molar refractivity (Wildman–Crippen MR) is 79.8 cm³/mol. The van der Waals surface area contributed by atoms with Crippen molar-refractivity contribution in [1.82, 2.24) is 0 Å². The molecule has 0 aromatic heterocycles. The van der Waals surface area contributed by atoms with Gasteiger partial charge in [0.15, 0.2) is 0 Å². The van der Waals surface area contributed by atoms with Gasteiger partial charge >= 0.3 is 5.97 Å². The van der Waals surface area contributed by atoms with Gasteiger partial charge in [-0.2, -0.15) is 0 Å². The molecule has 1 saturated heterocycles. The van der Waals surface area contributed by atoms with E-state index >= 15 is 0 Å². The van der Waals surface area contributed by atoms with Crippen LogP contribution in [-0.2, 0) is 9.53 Å². The van der Waals surface area contributed by atoms with Crippen LogP contribution in [0.15, 0.2) is 42.5 Å². The van der Waals surface area contributed by atoms with Gasteiger partial charge < -0.3 is 4.74 Å². The molecule has 1 aliphatic heterocycles. The van der Waals surface area contributed by atoms with Crippen LogP contribution in [-0.4, -0.2) is 9.89 Å². The predicted octanol–water partition coefficient (Wildman–Crippen LogP) is 4.02. The maximum absolute atomic E-state index is 11.5. The summed E-state index contributed by atoms with van der Waals surface area (Å²) in [6, 6.07) is 14.4. The topological polar surface area (TPSA) is 26.3 Å². The standard InChI is InChI=1S/C15H13IO2/c16-13-8-9-14(17)18-15(13)12-7-3-5-10-4-1-2-6-11(10)12/h1-7,13,15H,8-9H2/t13-,15+/m1/s1. The summed E-state index contributed by atoms with van der Waals surface area (Å²) in [5.41, 5.74) is 1.13. The van der Waals surface area contributed by atoms with Gasteiger partial charge in [-0.3, -0.25) is 4.79 Å². The normalized spacial score (nSPS) is 23.9. The van der Waals surface area contributed by atoms with Crippen molar-refractivity contribution in [3.05, 3.63) is 48.0 Å². The molecule has 0 bridgehead atoms. The molecule has 0 amide bonds. The monoisotopic (exact) mass is 352 g/mol. The zero-order chi connectivity index (χ0) is 12.5. The van der Waals surface area contributed by atoms with E-state index in [1.165, 1.54) is 10.8 Å². The SMILES string of the molecule is O=C1CC[C@@H](I)[C@H](c2cccc3ccccc23)O1. The van der Waals surface area contributed by atoms with Gasteiger partial charge in [0.05, 0.1) is 3.92 Å². The largest absolute Gasteiger partial charge is 0.456 e. The maximum atomic E-state index is 11.5. The van der Waals surface area contributed by atoms with E-state index in [9.17, 15) is 4.79 Å². The Bertz CT molecular complexity index is 589. The van der Waals surface area contributed by atoms with Crippen LogP contribution in [0.25, 0.3) is 10.8 Å². The van der Waals surface area contributed by atoms with Crippen molar-refractivity contribution in [1.29, 1.82) is 0 Å². The average molecular weight is 352 g/mol. The van der Waals surface area contributed by atoms with Crippen molar-refractivity contribution in [2.75, 3.05) is 0 Å². The highest BCUT2D eigenvalue weighted by molar-refractivity contribution is 14.1. The molecule has 0 aliphatic carbocycles. The molecule has 1 aliphatic rings. The summed E-state index contributed by atoms with van der Waals surface area (Å²) < 4.78 is 5.90. The molecule has 92 valence electrons. The van der Waals surface area contributed by atoms with Crippen molar-refractivity contribution < 1.29 is 9.53 Å². The van der Waals surface area contributed by atoms with Crippen molar-refractivity contribution >= 4 is 39.3 Å². The minimum atomic E-state index is -0.113. The van der Waals surface area contributed by atoms with Gasteiger partial charge in [-0.15, -0.1) is 0 Å². The van der Waals surface area contributed by atoms with Crippen LogP contribution in [0, 0.1) is 0 Å². The third-order valence-corrected chi connectivity index (χ3v) is 4.62. The van der Waals surface area contributed by atoms with Crippen LogP contribution >= 0.6 is 22.6 Å². The Hall–Kier alpha value is -1.10. The molecular weight excluding hydrogens is 339 g/mol. The van der Waals surface area contributed by atoms with Gasteiger partial charge in [0.2, 0.25) is 0 Å². The summed E-state index contributed by atoms with van der Waals surface area (Å²) in [6.07, 6.45) is 1.32. The smallest absolute Gasteiger partial charge is 0.306 e. The highest BCUT2D eigenvalue weighted by Gasteiger charge is 2.30. The van der Waals surface area contributed by atoms with Crippen LogP contribution in [0.4, 0.5) is 0 Å². The minimum Gasteiger partial charge on any atom is -0.456 e. The molecule has 1 fully saturated rings. The maximum Gasteiger partial charge on any atom is 0.306 e. The molecular formula is C15H13IO2. The van der Waals surface area contributed by atoms with Gasteiger partial charge in [-0.1, -0.05) is 65.1 Å². The van der Waals surface area contributed by atoms with Crippen molar-refractivity contribution in [2.45, 2.75) is 22.9 Å². The van der Waals surface area contributed by atoms with Crippen LogP contribution in [0.1, 0.15) is 24.5 Å². The molecule has 0 radical (unpaired) electrons. The Morgan fingerprint density at radius 2 is 1.89 bits per heavy atom. The summed E-state index contributed by atoms with van der Waals surface area (Å²) in [5, 5.41) is 2.38. The average Bonchev–Trinajstić information content (AvgIpc) is 2.41. The first-order valence-electron chi connectivity index (χ1n) is 6.07. The van der Waals surface area contributed by atoms with Crippen molar-refractivity contribution in [2.24, 2.45) is 0 Å². The molecule has 3 heteroatoms. The Balaban J connectivity index is 2.10. The van der Waals surface area contributed by atoms with E-state index in [4.69, 9.17) is 4.74 Å². The molecule has 0 spiro atoms. The summed E-state index contributed by atoms with van der Waals surface area (Å²) in [4.78, 5) is 11.5. The molecule has 0 unspecified atom stereocenters. The lowest BCUT2D eigenvalue weighted by Gasteiger charge is -2.28. The molecule has 0 saturated carbocycles.